The van der Waals surface area contributed by atoms with Gasteiger partial charge in [-0.05, 0) is 73.1 Å². The molecule has 2 aliphatic rings. The van der Waals surface area contributed by atoms with E-state index in [9.17, 15) is 29.4 Å². The molecule has 38 heavy (non-hydrogen) atoms. The SMILES string of the molecule is O=C1[C@H](CC[C@H](O)C2CCCCC2)[C@@H](c2ccc(-c3ccc(P(=O)(O)O)cc3)cc2O)N1c1ccccc1. The van der Waals surface area contributed by atoms with Crippen molar-refractivity contribution in [2.75, 3.05) is 4.90 Å². The molecule has 3 aromatic rings. The van der Waals surface area contributed by atoms with Gasteiger partial charge in [-0.2, -0.15) is 0 Å². The molecule has 0 spiro atoms. The van der Waals surface area contributed by atoms with E-state index in [0.29, 0.717) is 35.4 Å². The Labute approximate surface area is 222 Å². The molecule has 3 atom stereocenters. The van der Waals surface area contributed by atoms with Crippen LogP contribution in [0.25, 0.3) is 11.1 Å². The fourth-order valence-electron chi connectivity index (χ4n) is 5.99. The van der Waals surface area contributed by atoms with Gasteiger partial charge < -0.3 is 24.9 Å². The van der Waals surface area contributed by atoms with Crippen molar-refractivity contribution >= 4 is 24.5 Å². The maximum atomic E-state index is 13.3. The van der Waals surface area contributed by atoms with Crippen LogP contribution in [0.3, 0.4) is 0 Å². The van der Waals surface area contributed by atoms with Crippen LogP contribution in [0.4, 0.5) is 5.69 Å². The summed E-state index contributed by atoms with van der Waals surface area (Å²) < 4.78 is 11.5. The summed E-state index contributed by atoms with van der Waals surface area (Å²) in [5, 5.41) is 21.9. The lowest BCUT2D eigenvalue weighted by molar-refractivity contribution is -0.131. The minimum Gasteiger partial charge on any atom is -0.508 e. The molecule has 1 amide bonds. The molecule has 7 nitrogen and oxygen atoms in total. The van der Waals surface area contributed by atoms with E-state index in [1.54, 1.807) is 23.1 Å². The molecule has 8 heteroatoms. The third-order valence-electron chi connectivity index (χ3n) is 8.10. The zero-order chi connectivity index (χ0) is 26.9. The third kappa shape index (κ3) is 5.43. The maximum Gasteiger partial charge on any atom is 0.356 e. The van der Waals surface area contributed by atoms with E-state index >= 15 is 0 Å². The monoisotopic (exact) mass is 535 g/mol. The quantitative estimate of drug-likeness (QED) is 0.230. The van der Waals surface area contributed by atoms with Gasteiger partial charge in [0.15, 0.2) is 0 Å². The van der Waals surface area contributed by atoms with Gasteiger partial charge in [0, 0.05) is 11.3 Å². The lowest BCUT2D eigenvalue weighted by Crippen LogP contribution is -2.55. The highest BCUT2D eigenvalue weighted by Gasteiger charge is 2.49. The Hall–Kier alpha value is -2.96. The molecular weight excluding hydrogens is 501 g/mol. The molecule has 1 saturated carbocycles. The third-order valence-corrected chi connectivity index (χ3v) is 9.07. The number of aliphatic hydroxyl groups is 1. The fraction of sp³-hybridized carbons (Fsp3) is 0.367. The minimum atomic E-state index is -4.33. The van der Waals surface area contributed by atoms with Crippen LogP contribution < -0.4 is 10.2 Å². The summed E-state index contributed by atoms with van der Waals surface area (Å²) in [5.74, 6) is 0.00589. The molecule has 2 fully saturated rings. The van der Waals surface area contributed by atoms with Crippen molar-refractivity contribution in [1.29, 1.82) is 0 Å². The Morgan fingerprint density at radius 2 is 1.55 bits per heavy atom. The number of aromatic hydroxyl groups is 1. The van der Waals surface area contributed by atoms with E-state index in [2.05, 4.69) is 0 Å². The number of phenols is 1. The zero-order valence-corrected chi connectivity index (χ0v) is 22.1. The molecule has 5 rings (SSSR count). The Bertz CT molecular complexity index is 1320. The maximum absolute atomic E-state index is 13.3. The Kier molecular flexibility index (Phi) is 7.73. The second-order valence-corrected chi connectivity index (χ2v) is 12.1. The zero-order valence-electron chi connectivity index (χ0n) is 21.2. The van der Waals surface area contributed by atoms with Crippen molar-refractivity contribution in [3.8, 4) is 16.9 Å². The van der Waals surface area contributed by atoms with Crippen molar-refractivity contribution in [2.45, 2.75) is 57.1 Å². The lowest BCUT2D eigenvalue weighted by Gasteiger charge is -2.48. The first-order chi connectivity index (χ1) is 18.2. The summed E-state index contributed by atoms with van der Waals surface area (Å²) in [4.78, 5) is 33.8. The number of anilines is 1. The topological polar surface area (TPSA) is 118 Å². The molecule has 1 aliphatic heterocycles. The highest BCUT2D eigenvalue weighted by molar-refractivity contribution is 7.60. The number of benzene rings is 3. The number of hydrogen-bond donors (Lipinski definition) is 4. The molecular formula is C30H34NO6P. The van der Waals surface area contributed by atoms with Crippen LogP contribution in [0, 0.1) is 11.8 Å². The van der Waals surface area contributed by atoms with Crippen molar-refractivity contribution < 1.29 is 29.4 Å². The van der Waals surface area contributed by atoms with Gasteiger partial charge in [0.25, 0.3) is 0 Å². The van der Waals surface area contributed by atoms with E-state index in [-0.39, 0.29) is 28.9 Å². The predicted molar refractivity (Wildman–Crippen MR) is 147 cm³/mol. The fourth-order valence-corrected chi connectivity index (χ4v) is 6.53. The average Bonchev–Trinajstić information content (AvgIpc) is 2.92. The van der Waals surface area contributed by atoms with Crippen molar-refractivity contribution in [3.05, 3.63) is 78.4 Å². The van der Waals surface area contributed by atoms with Crippen molar-refractivity contribution in [1.82, 2.24) is 0 Å². The van der Waals surface area contributed by atoms with Crippen molar-refractivity contribution in [2.24, 2.45) is 11.8 Å². The number of hydrogen-bond acceptors (Lipinski definition) is 4. The van der Waals surface area contributed by atoms with Gasteiger partial charge in [0.1, 0.15) is 5.75 Å². The summed E-state index contributed by atoms with van der Waals surface area (Å²) in [7, 11) is -4.33. The first-order valence-corrected chi connectivity index (χ1v) is 14.9. The molecule has 0 unspecified atom stereocenters. The highest BCUT2D eigenvalue weighted by atomic mass is 31.2. The molecule has 1 heterocycles. The van der Waals surface area contributed by atoms with E-state index in [1.807, 2.05) is 42.5 Å². The first-order valence-electron chi connectivity index (χ1n) is 13.3. The van der Waals surface area contributed by atoms with E-state index < -0.39 is 13.7 Å². The lowest BCUT2D eigenvalue weighted by atomic mass is 9.76. The Morgan fingerprint density at radius 3 is 2.18 bits per heavy atom. The van der Waals surface area contributed by atoms with Gasteiger partial charge in [-0.25, -0.2) is 0 Å². The molecule has 200 valence electrons. The van der Waals surface area contributed by atoms with Gasteiger partial charge in [-0.3, -0.25) is 9.36 Å². The molecule has 0 radical (unpaired) electrons. The van der Waals surface area contributed by atoms with Crippen LogP contribution in [0.15, 0.2) is 72.8 Å². The predicted octanol–water partition coefficient (Wildman–Crippen LogP) is 5.29. The van der Waals surface area contributed by atoms with Gasteiger partial charge in [-0.1, -0.05) is 61.7 Å². The van der Waals surface area contributed by atoms with Gasteiger partial charge in [-0.15, -0.1) is 0 Å². The number of carbonyl (C=O) groups is 1. The summed E-state index contributed by atoms with van der Waals surface area (Å²) >= 11 is 0. The number of β-lactam (4-membered cyclic amide) rings is 1. The Balaban J connectivity index is 1.40. The van der Waals surface area contributed by atoms with Crippen LogP contribution in [0.5, 0.6) is 5.75 Å². The van der Waals surface area contributed by atoms with E-state index in [1.165, 1.54) is 18.6 Å². The highest BCUT2D eigenvalue weighted by Crippen LogP contribution is 2.49. The number of amides is 1. The molecule has 4 N–H and O–H groups in total. The molecule has 0 aromatic heterocycles. The van der Waals surface area contributed by atoms with Crippen LogP contribution in [-0.2, 0) is 9.36 Å². The number of rotatable bonds is 8. The van der Waals surface area contributed by atoms with Crippen LogP contribution >= 0.6 is 7.60 Å². The average molecular weight is 536 g/mol. The summed E-state index contributed by atoms with van der Waals surface area (Å²) in [6.45, 7) is 0. The summed E-state index contributed by atoms with van der Waals surface area (Å²) in [6, 6.07) is 20.4. The van der Waals surface area contributed by atoms with Gasteiger partial charge in [0.05, 0.1) is 23.4 Å². The number of aliphatic hydroxyl groups excluding tert-OH is 1. The first kappa shape index (κ1) is 26.6. The number of phenolic OH excluding ortho intramolecular Hbond substituents is 1. The second-order valence-electron chi connectivity index (χ2n) is 10.5. The van der Waals surface area contributed by atoms with Crippen molar-refractivity contribution in [3.63, 3.8) is 0 Å². The number of nitrogens with zero attached hydrogens (tertiary/aromatic N) is 1. The van der Waals surface area contributed by atoms with Gasteiger partial charge in [0.2, 0.25) is 5.91 Å². The van der Waals surface area contributed by atoms with E-state index in [4.69, 9.17) is 0 Å². The molecule has 1 saturated heterocycles. The van der Waals surface area contributed by atoms with E-state index in [0.717, 1.165) is 31.4 Å². The minimum absolute atomic E-state index is 0.00598. The molecule has 0 bridgehead atoms. The standard InChI is InChI=1S/C30H34NO6P/c32-27(21-7-3-1-4-8-21)18-17-26-29(31(30(26)34)23-9-5-2-6-10-23)25-16-13-22(19-28(25)33)20-11-14-24(15-12-20)38(35,36)37/h2,5-6,9-16,19,21,26-27,29,32-33H,1,3-4,7-8,17-18H2,(H2,35,36,37)/t26-,27+,29-/m1/s1. The largest absolute Gasteiger partial charge is 0.508 e. The second kappa shape index (κ2) is 11.0. The van der Waals surface area contributed by atoms with Gasteiger partial charge >= 0.3 is 7.60 Å². The normalized spacial score (nSPS) is 21.2. The van der Waals surface area contributed by atoms with Crippen LogP contribution in [0.1, 0.15) is 56.6 Å². The number of carbonyl (C=O) groups excluding carboxylic acids is 1. The van der Waals surface area contributed by atoms with Crippen LogP contribution in [0.2, 0.25) is 0 Å². The molecule has 1 aliphatic carbocycles. The summed E-state index contributed by atoms with van der Waals surface area (Å²) in [6.07, 6.45) is 6.30. The molecule has 3 aromatic carbocycles. The summed E-state index contributed by atoms with van der Waals surface area (Å²) in [5.41, 5.74) is 2.81. The Morgan fingerprint density at radius 1 is 0.895 bits per heavy atom. The smallest absolute Gasteiger partial charge is 0.356 e. The van der Waals surface area contributed by atoms with Crippen LogP contribution in [-0.4, -0.2) is 32.0 Å². The number of para-hydroxylation sites is 1.